The molecule has 2 saturated heterocycles. The molecule has 0 spiro atoms. The number of ether oxygens (including phenoxy) is 1. The first-order chi connectivity index (χ1) is 14.1. The van der Waals surface area contributed by atoms with Crippen LogP contribution < -0.4 is 11.1 Å². The summed E-state index contributed by atoms with van der Waals surface area (Å²) in [6.45, 7) is 6.21. The zero-order valence-corrected chi connectivity index (χ0v) is 16.7. The zero-order valence-electron chi connectivity index (χ0n) is 16.7. The second-order valence-corrected chi connectivity index (χ2v) is 7.53. The first-order valence-electron chi connectivity index (χ1n) is 10.0. The molecule has 4 rings (SSSR count). The number of nitrogen functional groups attached to an aromatic ring is 1. The lowest BCUT2D eigenvalue weighted by molar-refractivity contribution is -0.142. The molecule has 3 heterocycles. The van der Waals surface area contributed by atoms with Crippen LogP contribution in [0.2, 0.25) is 0 Å². The van der Waals surface area contributed by atoms with Crippen molar-refractivity contribution in [1.82, 2.24) is 24.8 Å². The van der Waals surface area contributed by atoms with Gasteiger partial charge >= 0.3 is 0 Å². The van der Waals surface area contributed by atoms with Crippen molar-refractivity contribution >= 4 is 23.5 Å². The van der Waals surface area contributed by atoms with Crippen molar-refractivity contribution in [2.24, 2.45) is 0 Å². The van der Waals surface area contributed by atoms with Crippen LogP contribution in [0.15, 0.2) is 24.3 Å². The van der Waals surface area contributed by atoms with Gasteiger partial charge in [-0.3, -0.25) is 9.69 Å². The van der Waals surface area contributed by atoms with Crippen molar-refractivity contribution in [3.63, 3.8) is 0 Å². The van der Waals surface area contributed by atoms with E-state index in [2.05, 4.69) is 25.2 Å². The number of hydrogen-bond donors (Lipinski definition) is 2. The minimum absolute atomic E-state index is 0.121. The van der Waals surface area contributed by atoms with Crippen LogP contribution in [-0.2, 0) is 16.1 Å². The summed E-state index contributed by atoms with van der Waals surface area (Å²) in [5.41, 5.74) is 7.97. The summed E-state index contributed by atoms with van der Waals surface area (Å²) in [6.07, 6.45) is 1.55. The van der Waals surface area contributed by atoms with Gasteiger partial charge in [-0.05, 0) is 31.9 Å². The van der Waals surface area contributed by atoms with E-state index in [1.165, 1.54) is 5.56 Å². The molecule has 3 N–H and O–H groups in total. The number of rotatable bonds is 5. The highest BCUT2D eigenvalue weighted by atomic mass is 16.5. The van der Waals surface area contributed by atoms with Gasteiger partial charge in [-0.15, -0.1) is 0 Å². The van der Waals surface area contributed by atoms with E-state index in [9.17, 15) is 4.79 Å². The van der Waals surface area contributed by atoms with Crippen LogP contribution in [0.25, 0.3) is 0 Å². The maximum absolute atomic E-state index is 12.5. The Morgan fingerprint density at radius 2 is 1.93 bits per heavy atom. The van der Waals surface area contributed by atoms with Crippen molar-refractivity contribution in [3.05, 3.63) is 35.7 Å². The number of anilines is 3. The third-order valence-electron chi connectivity index (χ3n) is 5.26. The molecule has 0 bridgehead atoms. The van der Waals surface area contributed by atoms with E-state index < -0.39 is 0 Å². The number of hydrogen-bond acceptors (Lipinski definition) is 8. The normalized spacial score (nSPS) is 20.0. The second kappa shape index (κ2) is 8.71. The van der Waals surface area contributed by atoms with Crippen LogP contribution in [-0.4, -0.2) is 69.5 Å². The molecule has 9 heteroatoms. The van der Waals surface area contributed by atoms with E-state index in [0.717, 1.165) is 31.6 Å². The van der Waals surface area contributed by atoms with Crippen LogP contribution in [0.3, 0.4) is 0 Å². The Bertz CT molecular complexity index is 844. The zero-order chi connectivity index (χ0) is 20.2. The van der Waals surface area contributed by atoms with Gasteiger partial charge in [-0.25, -0.2) is 0 Å². The van der Waals surface area contributed by atoms with Gasteiger partial charge < -0.3 is 20.7 Å². The van der Waals surface area contributed by atoms with Gasteiger partial charge in [0.15, 0.2) is 0 Å². The molecule has 1 unspecified atom stereocenters. The van der Waals surface area contributed by atoms with Crippen LogP contribution >= 0.6 is 0 Å². The van der Waals surface area contributed by atoms with Gasteiger partial charge in [0.1, 0.15) is 11.9 Å². The lowest BCUT2D eigenvalue weighted by Crippen LogP contribution is -2.51. The molecular weight excluding hydrogens is 370 g/mol. The number of amides is 1. The minimum atomic E-state index is -0.250. The number of carbonyl (C=O) groups is 1. The summed E-state index contributed by atoms with van der Waals surface area (Å²) in [5, 5.41) is 3.18. The summed E-state index contributed by atoms with van der Waals surface area (Å²) < 4.78 is 5.52. The molecule has 2 aliphatic heterocycles. The van der Waals surface area contributed by atoms with E-state index in [0.29, 0.717) is 38.0 Å². The molecule has 154 valence electrons. The van der Waals surface area contributed by atoms with Crippen molar-refractivity contribution < 1.29 is 9.53 Å². The molecule has 1 aromatic heterocycles. The highest BCUT2D eigenvalue weighted by Gasteiger charge is 2.30. The summed E-state index contributed by atoms with van der Waals surface area (Å²) >= 11 is 0. The number of aryl methyl sites for hydroxylation is 1. The number of carbonyl (C=O) groups excluding carboxylic acids is 1. The first-order valence-corrected chi connectivity index (χ1v) is 10.0. The highest BCUT2D eigenvalue weighted by Crippen LogP contribution is 2.17. The molecule has 2 aliphatic rings. The van der Waals surface area contributed by atoms with Crippen molar-refractivity contribution in [2.75, 3.05) is 43.8 Å². The standard InChI is InChI=1S/C20H27N7O2/c1-14-4-6-15(7-5-14)22-20-24-17(23-19(21)25-20)13-26-8-10-27(11-9-26)18(28)16-3-2-12-29-16/h4-7,16H,2-3,8-13H2,1H3,(H3,21,22,23,24,25). The average molecular weight is 397 g/mol. The van der Waals surface area contributed by atoms with Crippen molar-refractivity contribution in [3.8, 4) is 0 Å². The maximum Gasteiger partial charge on any atom is 0.251 e. The molecule has 0 radical (unpaired) electrons. The van der Waals surface area contributed by atoms with Crippen molar-refractivity contribution in [2.45, 2.75) is 32.4 Å². The van der Waals surface area contributed by atoms with E-state index in [1.807, 2.05) is 36.1 Å². The molecule has 1 atom stereocenters. The second-order valence-electron chi connectivity index (χ2n) is 7.53. The Balaban J connectivity index is 1.34. The maximum atomic E-state index is 12.5. The third kappa shape index (κ3) is 4.99. The highest BCUT2D eigenvalue weighted by molar-refractivity contribution is 5.81. The fourth-order valence-electron chi connectivity index (χ4n) is 3.63. The van der Waals surface area contributed by atoms with E-state index in [4.69, 9.17) is 10.5 Å². The fourth-order valence-corrected chi connectivity index (χ4v) is 3.63. The van der Waals surface area contributed by atoms with Gasteiger partial charge in [0, 0.05) is 38.5 Å². The molecule has 0 aliphatic carbocycles. The molecule has 2 fully saturated rings. The number of nitrogens with zero attached hydrogens (tertiary/aromatic N) is 5. The van der Waals surface area contributed by atoms with Crippen molar-refractivity contribution in [1.29, 1.82) is 0 Å². The molecular formula is C20H27N7O2. The Hall–Kier alpha value is -2.78. The molecule has 1 aromatic carbocycles. The van der Waals surface area contributed by atoms with Crippen LogP contribution in [0.5, 0.6) is 0 Å². The Labute approximate surface area is 170 Å². The molecule has 9 nitrogen and oxygen atoms in total. The topological polar surface area (TPSA) is 110 Å². The van der Waals surface area contributed by atoms with Crippen LogP contribution in [0, 0.1) is 6.92 Å². The lowest BCUT2D eigenvalue weighted by atomic mass is 10.2. The Morgan fingerprint density at radius 3 is 2.62 bits per heavy atom. The monoisotopic (exact) mass is 397 g/mol. The number of nitrogens with two attached hydrogens (primary N) is 1. The number of benzene rings is 1. The minimum Gasteiger partial charge on any atom is -0.368 e. The van der Waals surface area contributed by atoms with E-state index >= 15 is 0 Å². The van der Waals surface area contributed by atoms with Crippen LogP contribution in [0.4, 0.5) is 17.6 Å². The summed E-state index contributed by atoms with van der Waals surface area (Å²) in [6, 6.07) is 7.98. The van der Waals surface area contributed by atoms with Gasteiger partial charge in [0.05, 0.1) is 6.54 Å². The largest absolute Gasteiger partial charge is 0.368 e. The van der Waals surface area contributed by atoms with Gasteiger partial charge in [0.25, 0.3) is 5.91 Å². The number of aromatic nitrogens is 3. The lowest BCUT2D eigenvalue weighted by Gasteiger charge is -2.35. The third-order valence-corrected chi connectivity index (χ3v) is 5.26. The Morgan fingerprint density at radius 1 is 1.17 bits per heavy atom. The van der Waals surface area contributed by atoms with Crippen LogP contribution in [0.1, 0.15) is 24.2 Å². The summed E-state index contributed by atoms with van der Waals surface area (Å²) in [4.78, 5) is 29.6. The average Bonchev–Trinajstić information content (AvgIpc) is 3.24. The predicted octanol–water partition coefficient (Wildman–Crippen LogP) is 1.33. The first kappa shape index (κ1) is 19.5. The van der Waals surface area contributed by atoms with E-state index in [-0.39, 0.29) is 18.0 Å². The van der Waals surface area contributed by atoms with Gasteiger partial charge in [-0.2, -0.15) is 15.0 Å². The molecule has 29 heavy (non-hydrogen) atoms. The molecule has 2 aromatic rings. The summed E-state index contributed by atoms with van der Waals surface area (Å²) in [7, 11) is 0. The smallest absolute Gasteiger partial charge is 0.251 e. The quantitative estimate of drug-likeness (QED) is 0.778. The van der Waals surface area contributed by atoms with Gasteiger partial charge in [0.2, 0.25) is 11.9 Å². The Kier molecular flexibility index (Phi) is 5.86. The van der Waals surface area contributed by atoms with E-state index in [1.54, 1.807) is 0 Å². The fraction of sp³-hybridized carbons (Fsp3) is 0.500. The SMILES string of the molecule is Cc1ccc(Nc2nc(N)nc(CN3CCN(C(=O)C4CCCO4)CC3)n2)cc1. The number of piperazine rings is 1. The predicted molar refractivity (Wildman–Crippen MR) is 110 cm³/mol. The molecule has 1 amide bonds. The summed E-state index contributed by atoms with van der Waals surface area (Å²) in [5.74, 6) is 1.36. The van der Waals surface area contributed by atoms with Gasteiger partial charge in [-0.1, -0.05) is 17.7 Å². The number of nitrogens with one attached hydrogen (secondary N) is 1. The molecule has 0 saturated carbocycles.